The zero-order chi connectivity index (χ0) is 12.0. The highest BCUT2D eigenvalue weighted by Gasteiger charge is 2.00. The number of hydrogen-bond donors (Lipinski definition) is 1. The highest BCUT2D eigenvalue weighted by Crippen LogP contribution is 2.17. The molecule has 0 aliphatic carbocycles. The molecule has 0 aromatic heterocycles. The minimum absolute atomic E-state index is 0.245. The average molecular weight is 290 g/mol. The maximum Gasteiger partial charge on any atom is 0.137 e. The van der Waals surface area contributed by atoms with Crippen molar-refractivity contribution in [2.75, 3.05) is 13.2 Å². The van der Waals surface area contributed by atoms with Crippen LogP contribution in [0.4, 0.5) is 4.39 Å². The third kappa shape index (κ3) is 5.05. The van der Waals surface area contributed by atoms with Crippen LogP contribution in [0.2, 0.25) is 0 Å². The van der Waals surface area contributed by atoms with Gasteiger partial charge in [0.25, 0.3) is 0 Å². The molecular weight excluding hydrogens is 273 g/mol. The van der Waals surface area contributed by atoms with Gasteiger partial charge in [-0.3, -0.25) is 0 Å². The fraction of sp³-hybridized carbons (Fsp3) is 0.500. The average Bonchev–Trinajstić information content (AvgIpc) is 2.22. The Morgan fingerprint density at radius 3 is 2.81 bits per heavy atom. The van der Waals surface area contributed by atoms with E-state index in [2.05, 4.69) is 35.1 Å². The molecule has 0 bridgehead atoms. The summed E-state index contributed by atoms with van der Waals surface area (Å²) in [5.74, 6) is -0.245. The van der Waals surface area contributed by atoms with Crippen LogP contribution in [0.25, 0.3) is 0 Å². The van der Waals surface area contributed by atoms with E-state index in [9.17, 15) is 4.39 Å². The Morgan fingerprint density at radius 2 is 2.19 bits per heavy atom. The largest absolute Gasteiger partial charge is 0.375 e. The predicted octanol–water partition coefficient (Wildman–Crippen LogP) is 3.10. The van der Waals surface area contributed by atoms with Gasteiger partial charge in [-0.05, 0) is 33.6 Å². The molecule has 16 heavy (non-hydrogen) atoms. The lowest BCUT2D eigenvalue weighted by atomic mass is 10.2. The maximum atomic E-state index is 12.9. The smallest absolute Gasteiger partial charge is 0.137 e. The molecule has 0 spiro atoms. The predicted molar refractivity (Wildman–Crippen MR) is 66.9 cm³/mol. The van der Waals surface area contributed by atoms with E-state index in [1.54, 1.807) is 12.1 Å². The molecule has 0 saturated heterocycles. The molecule has 0 amide bonds. The van der Waals surface area contributed by atoms with Crippen LogP contribution in [0, 0.1) is 5.82 Å². The van der Waals surface area contributed by atoms with Crippen molar-refractivity contribution < 1.29 is 9.13 Å². The summed E-state index contributed by atoms with van der Waals surface area (Å²) in [6.07, 6.45) is 0. The van der Waals surface area contributed by atoms with E-state index >= 15 is 0 Å². The summed E-state index contributed by atoms with van der Waals surface area (Å²) in [6, 6.07) is 5.39. The minimum Gasteiger partial charge on any atom is -0.375 e. The maximum absolute atomic E-state index is 12.9. The second kappa shape index (κ2) is 6.99. The molecule has 0 heterocycles. The van der Waals surface area contributed by atoms with Gasteiger partial charge in [0, 0.05) is 12.6 Å². The summed E-state index contributed by atoms with van der Waals surface area (Å²) in [5, 5.41) is 3.26. The molecule has 2 nitrogen and oxygen atoms in total. The molecule has 0 atom stereocenters. The van der Waals surface area contributed by atoms with Crippen LogP contribution in [0.15, 0.2) is 22.7 Å². The van der Waals surface area contributed by atoms with E-state index in [0.29, 0.717) is 23.7 Å². The summed E-state index contributed by atoms with van der Waals surface area (Å²) in [7, 11) is 0. The third-order valence-electron chi connectivity index (χ3n) is 2.05. The van der Waals surface area contributed by atoms with Gasteiger partial charge in [0.1, 0.15) is 5.82 Å². The molecule has 1 rings (SSSR count). The highest BCUT2D eigenvalue weighted by molar-refractivity contribution is 9.10. The monoisotopic (exact) mass is 289 g/mol. The summed E-state index contributed by atoms with van der Waals surface area (Å²) in [6.45, 7) is 6.19. The first-order chi connectivity index (χ1) is 7.59. The van der Waals surface area contributed by atoms with Crippen molar-refractivity contribution in [2.45, 2.75) is 26.5 Å². The van der Waals surface area contributed by atoms with Crippen molar-refractivity contribution in [2.24, 2.45) is 0 Å². The molecule has 0 radical (unpaired) electrons. The van der Waals surface area contributed by atoms with Crippen LogP contribution < -0.4 is 5.32 Å². The first kappa shape index (κ1) is 13.6. The molecule has 1 N–H and O–H groups in total. The van der Waals surface area contributed by atoms with Crippen molar-refractivity contribution in [3.8, 4) is 0 Å². The Hall–Kier alpha value is -0.450. The van der Waals surface area contributed by atoms with Gasteiger partial charge in [-0.25, -0.2) is 4.39 Å². The number of halogens is 2. The Kier molecular flexibility index (Phi) is 5.95. The lowest BCUT2D eigenvalue weighted by Crippen LogP contribution is -2.26. The van der Waals surface area contributed by atoms with Crippen molar-refractivity contribution in [3.05, 3.63) is 34.1 Å². The van der Waals surface area contributed by atoms with Gasteiger partial charge in [-0.15, -0.1) is 0 Å². The summed E-state index contributed by atoms with van der Waals surface area (Å²) in [4.78, 5) is 0. The Balaban J connectivity index is 2.24. The van der Waals surface area contributed by atoms with E-state index in [4.69, 9.17) is 4.74 Å². The van der Waals surface area contributed by atoms with Crippen LogP contribution in [0.1, 0.15) is 19.4 Å². The Morgan fingerprint density at radius 1 is 1.44 bits per heavy atom. The quantitative estimate of drug-likeness (QED) is 0.813. The van der Waals surface area contributed by atoms with Crippen molar-refractivity contribution >= 4 is 15.9 Å². The van der Waals surface area contributed by atoms with Crippen molar-refractivity contribution in [1.82, 2.24) is 5.32 Å². The molecule has 1 aromatic carbocycles. The van der Waals surface area contributed by atoms with E-state index in [0.717, 1.165) is 12.1 Å². The number of rotatable bonds is 6. The van der Waals surface area contributed by atoms with Gasteiger partial charge in [0.05, 0.1) is 17.7 Å². The van der Waals surface area contributed by atoms with Gasteiger partial charge in [-0.2, -0.15) is 0 Å². The Labute approximate surface area is 104 Å². The molecule has 0 aliphatic heterocycles. The standard InChI is InChI=1S/C12H17BrFNO/c1-9(2)15-5-6-16-8-10-3-4-12(14)11(13)7-10/h3-4,7,9,15H,5-6,8H2,1-2H3. The van der Waals surface area contributed by atoms with E-state index in [-0.39, 0.29) is 5.82 Å². The summed E-state index contributed by atoms with van der Waals surface area (Å²) >= 11 is 3.14. The molecule has 0 saturated carbocycles. The zero-order valence-corrected chi connectivity index (χ0v) is 11.2. The van der Waals surface area contributed by atoms with Crippen LogP contribution >= 0.6 is 15.9 Å². The first-order valence-corrected chi connectivity index (χ1v) is 6.14. The summed E-state index contributed by atoms with van der Waals surface area (Å²) in [5.41, 5.74) is 0.970. The van der Waals surface area contributed by atoms with E-state index < -0.39 is 0 Å². The van der Waals surface area contributed by atoms with Crippen molar-refractivity contribution in [1.29, 1.82) is 0 Å². The number of nitrogens with one attached hydrogen (secondary N) is 1. The van der Waals surface area contributed by atoms with Crippen LogP contribution in [0.5, 0.6) is 0 Å². The summed E-state index contributed by atoms with van der Waals surface area (Å²) < 4.78 is 18.9. The first-order valence-electron chi connectivity index (χ1n) is 5.34. The van der Waals surface area contributed by atoms with Crippen LogP contribution in [-0.4, -0.2) is 19.2 Å². The molecule has 90 valence electrons. The Bertz CT molecular complexity index is 331. The second-order valence-corrected chi connectivity index (χ2v) is 4.76. The lowest BCUT2D eigenvalue weighted by molar-refractivity contribution is 0.121. The number of ether oxygens (including phenoxy) is 1. The molecule has 0 aliphatic rings. The van der Waals surface area contributed by atoms with Gasteiger partial charge < -0.3 is 10.1 Å². The van der Waals surface area contributed by atoms with Crippen LogP contribution in [-0.2, 0) is 11.3 Å². The lowest BCUT2D eigenvalue weighted by Gasteiger charge is -2.08. The van der Waals surface area contributed by atoms with Gasteiger partial charge in [0.2, 0.25) is 0 Å². The zero-order valence-electron chi connectivity index (χ0n) is 9.59. The van der Waals surface area contributed by atoms with Gasteiger partial charge in [0.15, 0.2) is 0 Å². The van der Waals surface area contributed by atoms with Crippen LogP contribution in [0.3, 0.4) is 0 Å². The minimum atomic E-state index is -0.245. The SMILES string of the molecule is CC(C)NCCOCc1ccc(F)c(Br)c1. The normalized spacial score (nSPS) is 11.1. The van der Waals surface area contributed by atoms with E-state index in [1.807, 2.05) is 0 Å². The second-order valence-electron chi connectivity index (χ2n) is 3.91. The fourth-order valence-corrected chi connectivity index (χ4v) is 1.67. The number of hydrogen-bond acceptors (Lipinski definition) is 2. The van der Waals surface area contributed by atoms with E-state index in [1.165, 1.54) is 6.07 Å². The fourth-order valence-electron chi connectivity index (χ4n) is 1.24. The number of benzene rings is 1. The van der Waals surface area contributed by atoms with Crippen molar-refractivity contribution in [3.63, 3.8) is 0 Å². The highest BCUT2D eigenvalue weighted by atomic mass is 79.9. The molecule has 4 heteroatoms. The van der Waals surface area contributed by atoms with Gasteiger partial charge >= 0.3 is 0 Å². The van der Waals surface area contributed by atoms with Gasteiger partial charge in [-0.1, -0.05) is 19.9 Å². The molecular formula is C12H17BrFNO. The topological polar surface area (TPSA) is 21.3 Å². The molecule has 0 unspecified atom stereocenters. The molecule has 0 fully saturated rings. The third-order valence-corrected chi connectivity index (χ3v) is 2.66. The molecule has 1 aromatic rings.